The third-order valence-corrected chi connectivity index (χ3v) is 2.45. The molecule has 1 amide bonds. The number of nitrogens with zero attached hydrogens (tertiary/aromatic N) is 1. The Labute approximate surface area is 72.7 Å². The summed E-state index contributed by atoms with van der Waals surface area (Å²) in [6, 6.07) is 0. The molecular weight excluding hydrogens is 156 g/mol. The van der Waals surface area contributed by atoms with Gasteiger partial charge in [-0.15, -0.1) is 0 Å². The van der Waals surface area contributed by atoms with Crippen molar-refractivity contribution < 1.29 is 9.53 Å². The fourth-order valence-corrected chi connectivity index (χ4v) is 1.45. The molecule has 0 aromatic rings. The Kier molecular flexibility index (Phi) is 2.69. The van der Waals surface area contributed by atoms with Crippen molar-refractivity contribution in [3.63, 3.8) is 0 Å². The van der Waals surface area contributed by atoms with E-state index in [1.165, 1.54) is 0 Å². The standard InChI is InChI=1S/C8H16N2O2/c1-8(12-2)3-5-10(6-4-9)7(8)11/h3-6,9H2,1-2H3/t8-/m1/s1. The van der Waals surface area contributed by atoms with Gasteiger partial charge in [0, 0.05) is 33.2 Å². The molecule has 0 radical (unpaired) electrons. The van der Waals surface area contributed by atoms with Crippen LogP contribution in [0, 0.1) is 0 Å². The van der Waals surface area contributed by atoms with Gasteiger partial charge in [0.15, 0.2) is 0 Å². The Bertz CT molecular complexity index is 184. The van der Waals surface area contributed by atoms with E-state index in [-0.39, 0.29) is 5.91 Å². The number of rotatable bonds is 3. The van der Waals surface area contributed by atoms with Crippen LogP contribution in [0.1, 0.15) is 13.3 Å². The molecule has 1 rings (SSSR count). The molecule has 70 valence electrons. The molecular formula is C8H16N2O2. The molecule has 1 heterocycles. The third kappa shape index (κ3) is 1.44. The second-order valence-electron chi connectivity index (χ2n) is 3.27. The average molecular weight is 172 g/mol. The summed E-state index contributed by atoms with van der Waals surface area (Å²) in [6.45, 7) is 3.75. The van der Waals surface area contributed by atoms with Gasteiger partial charge in [-0.25, -0.2) is 0 Å². The Morgan fingerprint density at radius 1 is 1.75 bits per heavy atom. The number of carbonyl (C=O) groups is 1. The van der Waals surface area contributed by atoms with Crippen LogP contribution in [0.2, 0.25) is 0 Å². The van der Waals surface area contributed by atoms with Gasteiger partial charge < -0.3 is 15.4 Å². The maximum atomic E-state index is 11.6. The van der Waals surface area contributed by atoms with Crippen LogP contribution in [0.5, 0.6) is 0 Å². The van der Waals surface area contributed by atoms with Gasteiger partial charge in [-0.05, 0) is 6.92 Å². The molecule has 4 heteroatoms. The minimum atomic E-state index is -0.602. The van der Waals surface area contributed by atoms with Crippen LogP contribution in [0.15, 0.2) is 0 Å². The van der Waals surface area contributed by atoms with Gasteiger partial charge in [0.05, 0.1) is 0 Å². The van der Waals surface area contributed by atoms with Crippen LogP contribution in [0.25, 0.3) is 0 Å². The third-order valence-electron chi connectivity index (χ3n) is 2.45. The highest BCUT2D eigenvalue weighted by atomic mass is 16.5. The van der Waals surface area contributed by atoms with E-state index in [1.807, 2.05) is 6.92 Å². The van der Waals surface area contributed by atoms with E-state index in [0.717, 1.165) is 13.0 Å². The molecule has 0 aromatic carbocycles. The highest BCUT2D eigenvalue weighted by Gasteiger charge is 2.42. The quantitative estimate of drug-likeness (QED) is 0.629. The summed E-state index contributed by atoms with van der Waals surface area (Å²) in [6.07, 6.45) is 0.766. The summed E-state index contributed by atoms with van der Waals surface area (Å²) in [5, 5.41) is 0. The predicted octanol–water partition coefficient (Wildman–Crippen LogP) is -0.417. The van der Waals surface area contributed by atoms with Crippen LogP contribution >= 0.6 is 0 Å². The lowest BCUT2D eigenvalue weighted by atomic mass is 10.1. The first-order valence-electron chi connectivity index (χ1n) is 4.18. The van der Waals surface area contributed by atoms with E-state index in [2.05, 4.69) is 0 Å². The number of nitrogens with two attached hydrogens (primary N) is 1. The summed E-state index contributed by atoms with van der Waals surface area (Å²) >= 11 is 0. The van der Waals surface area contributed by atoms with E-state index in [0.29, 0.717) is 13.1 Å². The smallest absolute Gasteiger partial charge is 0.254 e. The molecule has 12 heavy (non-hydrogen) atoms. The van der Waals surface area contributed by atoms with Gasteiger partial charge in [0.2, 0.25) is 0 Å². The lowest BCUT2D eigenvalue weighted by molar-refractivity contribution is -0.144. The normalized spacial score (nSPS) is 29.9. The molecule has 1 aliphatic heterocycles. The molecule has 1 atom stereocenters. The topological polar surface area (TPSA) is 55.6 Å². The zero-order valence-electron chi connectivity index (χ0n) is 7.67. The molecule has 1 fully saturated rings. The number of hydrogen-bond donors (Lipinski definition) is 1. The summed E-state index contributed by atoms with van der Waals surface area (Å²) in [5.41, 5.74) is 4.76. The number of carbonyl (C=O) groups excluding carboxylic acids is 1. The Morgan fingerprint density at radius 3 is 2.83 bits per heavy atom. The molecule has 1 saturated heterocycles. The van der Waals surface area contributed by atoms with E-state index < -0.39 is 5.60 Å². The monoisotopic (exact) mass is 172 g/mol. The maximum absolute atomic E-state index is 11.6. The predicted molar refractivity (Wildman–Crippen MR) is 45.7 cm³/mol. The first-order chi connectivity index (χ1) is 5.64. The van der Waals surface area contributed by atoms with Crippen molar-refractivity contribution in [3.8, 4) is 0 Å². The van der Waals surface area contributed by atoms with Gasteiger partial charge in [-0.1, -0.05) is 0 Å². The van der Waals surface area contributed by atoms with Crippen molar-refractivity contribution in [3.05, 3.63) is 0 Å². The molecule has 1 aliphatic rings. The minimum Gasteiger partial charge on any atom is -0.369 e. The number of amides is 1. The first kappa shape index (κ1) is 9.48. The Hall–Kier alpha value is -0.610. The largest absolute Gasteiger partial charge is 0.369 e. The lowest BCUT2D eigenvalue weighted by Crippen LogP contribution is -2.40. The highest BCUT2D eigenvalue weighted by Crippen LogP contribution is 2.24. The zero-order chi connectivity index (χ0) is 9.19. The van der Waals surface area contributed by atoms with Crippen LogP contribution in [-0.2, 0) is 9.53 Å². The van der Waals surface area contributed by atoms with E-state index in [1.54, 1.807) is 12.0 Å². The molecule has 0 saturated carbocycles. The highest BCUT2D eigenvalue weighted by molar-refractivity contribution is 5.86. The number of ether oxygens (including phenoxy) is 1. The minimum absolute atomic E-state index is 0.0652. The Balaban J connectivity index is 2.60. The summed E-state index contributed by atoms with van der Waals surface area (Å²) in [4.78, 5) is 13.3. The second kappa shape index (κ2) is 3.41. The Morgan fingerprint density at radius 2 is 2.42 bits per heavy atom. The molecule has 0 aliphatic carbocycles. The van der Waals surface area contributed by atoms with E-state index in [9.17, 15) is 4.79 Å². The van der Waals surface area contributed by atoms with Crippen LogP contribution < -0.4 is 5.73 Å². The molecule has 0 unspecified atom stereocenters. The summed E-state index contributed by atoms with van der Waals surface area (Å²) in [5.74, 6) is 0.0652. The average Bonchev–Trinajstić information content (AvgIpc) is 2.35. The van der Waals surface area contributed by atoms with Gasteiger partial charge in [-0.3, -0.25) is 4.79 Å². The number of likely N-dealkylation sites (tertiary alicyclic amines) is 1. The molecule has 0 aromatic heterocycles. The van der Waals surface area contributed by atoms with Crippen molar-refractivity contribution in [2.75, 3.05) is 26.7 Å². The molecule has 0 spiro atoms. The van der Waals surface area contributed by atoms with E-state index >= 15 is 0 Å². The maximum Gasteiger partial charge on any atom is 0.254 e. The van der Waals surface area contributed by atoms with Crippen LogP contribution in [-0.4, -0.2) is 43.2 Å². The molecule has 2 N–H and O–H groups in total. The molecule has 4 nitrogen and oxygen atoms in total. The SMILES string of the molecule is CO[C@]1(C)CCN(CCN)C1=O. The molecule has 0 bridgehead atoms. The number of hydrogen-bond acceptors (Lipinski definition) is 3. The van der Waals surface area contributed by atoms with E-state index in [4.69, 9.17) is 10.5 Å². The lowest BCUT2D eigenvalue weighted by Gasteiger charge is -2.21. The second-order valence-corrected chi connectivity index (χ2v) is 3.27. The van der Waals surface area contributed by atoms with Crippen molar-refractivity contribution >= 4 is 5.91 Å². The fraction of sp³-hybridized carbons (Fsp3) is 0.875. The van der Waals surface area contributed by atoms with Crippen molar-refractivity contribution in [1.82, 2.24) is 4.90 Å². The van der Waals surface area contributed by atoms with Crippen molar-refractivity contribution in [1.29, 1.82) is 0 Å². The number of methoxy groups -OCH3 is 1. The zero-order valence-corrected chi connectivity index (χ0v) is 7.67. The van der Waals surface area contributed by atoms with Gasteiger partial charge in [0.25, 0.3) is 5.91 Å². The van der Waals surface area contributed by atoms with Gasteiger partial charge in [-0.2, -0.15) is 0 Å². The van der Waals surface area contributed by atoms with Gasteiger partial charge in [0.1, 0.15) is 5.60 Å². The fourth-order valence-electron chi connectivity index (χ4n) is 1.45. The van der Waals surface area contributed by atoms with Crippen molar-refractivity contribution in [2.24, 2.45) is 5.73 Å². The first-order valence-corrected chi connectivity index (χ1v) is 4.18. The van der Waals surface area contributed by atoms with Crippen molar-refractivity contribution in [2.45, 2.75) is 18.9 Å². The van der Waals surface area contributed by atoms with Crippen LogP contribution in [0.3, 0.4) is 0 Å². The van der Waals surface area contributed by atoms with Gasteiger partial charge >= 0.3 is 0 Å². The van der Waals surface area contributed by atoms with Crippen LogP contribution in [0.4, 0.5) is 0 Å². The summed E-state index contributed by atoms with van der Waals surface area (Å²) in [7, 11) is 1.57. The summed E-state index contributed by atoms with van der Waals surface area (Å²) < 4.78 is 5.16.